The first-order valence-corrected chi connectivity index (χ1v) is 7.42. The topological polar surface area (TPSA) is 73.3 Å². The number of furan rings is 1. The first-order valence-electron chi connectivity index (χ1n) is 5.77. The molecule has 0 aliphatic rings. The third-order valence-electron chi connectivity index (χ3n) is 2.83. The van der Waals surface area contributed by atoms with Crippen LogP contribution in [0.25, 0.3) is 22.8 Å². The molecule has 19 heavy (non-hydrogen) atoms. The number of hydrogen-bond donors (Lipinski definition) is 0. The number of oxazole rings is 1. The predicted molar refractivity (Wildman–Crippen MR) is 69.4 cm³/mol. The van der Waals surface area contributed by atoms with E-state index in [-0.39, 0.29) is 10.6 Å². The average Bonchev–Trinajstić information content (AvgIpc) is 3.06. The van der Waals surface area contributed by atoms with Crippen LogP contribution < -0.4 is 0 Å². The van der Waals surface area contributed by atoms with Crippen LogP contribution in [0.15, 0.2) is 50.3 Å². The van der Waals surface area contributed by atoms with Crippen molar-refractivity contribution in [3.63, 3.8) is 0 Å². The molecule has 3 aromatic rings. The first-order chi connectivity index (χ1) is 9.10. The molecule has 1 aromatic carbocycles. The van der Waals surface area contributed by atoms with Gasteiger partial charge in [-0.2, -0.15) is 0 Å². The van der Waals surface area contributed by atoms with Crippen LogP contribution in [0.3, 0.4) is 0 Å². The minimum absolute atomic E-state index is 0.0569. The van der Waals surface area contributed by atoms with E-state index in [4.69, 9.17) is 8.83 Å². The van der Waals surface area contributed by atoms with Crippen molar-refractivity contribution in [1.82, 2.24) is 4.98 Å². The average molecular weight is 277 g/mol. The van der Waals surface area contributed by atoms with E-state index in [1.165, 1.54) is 18.4 Å². The molecule has 6 heteroatoms. The lowest BCUT2D eigenvalue weighted by Gasteiger charge is -1.99. The maximum Gasteiger partial charge on any atom is 0.263 e. The summed E-state index contributed by atoms with van der Waals surface area (Å²) in [6.45, 7) is 1.61. The summed E-state index contributed by atoms with van der Waals surface area (Å²) in [4.78, 5) is 4.49. The second kappa shape index (κ2) is 4.24. The van der Waals surface area contributed by atoms with Crippen molar-refractivity contribution in [2.45, 2.75) is 11.8 Å². The fourth-order valence-corrected chi connectivity index (χ4v) is 2.67. The van der Waals surface area contributed by atoms with E-state index in [9.17, 15) is 8.42 Å². The fourth-order valence-electron chi connectivity index (χ4n) is 1.77. The Kier molecular flexibility index (Phi) is 2.67. The number of nitrogens with zero attached hydrogens (tertiary/aromatic N) is 1. The Labute approximate surface area is 109 Å². The van der Waals surface area contributed by atoms with Crippen molar-refractivity contribution < 1.29 is 17.3 Å². The van der Waals surface area contributed by atoms with Gasteiger partial charge in [0.05, 0.1) is 16.9 Å². The normalized spacial score (nSPS) is 12.1. The molecule has 0 radical (unpaired) electrons. The Morgan fingerprint density at radius 3 is 2.79 bits per heavy atom. The van der Waals surface area contributed by atoms with Crippen LogP contribution in [0.5, 0.6) is 0 Å². The second-order valence-corrected chi connectivity index (χ2v) is 6.31. The van der Waals surface area contributed by atoms with E-state index >= 15 is 0 Å². The van der Waals surface area contributed by atoms with E-state index in [1.54, 1.807) is 25.1 Å². The molecule has 2 aromatic heterocycles. The molecule has 0 atom stereocenters. The lowest BCUT2D eigenvalue weighted by molar-refractivity contribution is 0.535. The molecule has 0 fully saturated rings. The Morgan fingerprint density at radius 2 is 2.11 bits per heavy atom. The smallest absolute Gasteiger partial charge is 0.263 e. The number of hydrogen-bond acceptors (Lipinski definition) is 5. The van der Waals surface area contributed by atoms with Crippen molar-refractivity contribution in [3.05, 3.63) is 36.6 Å². The molecule has 0 N–H and O–H groups in total. The highest BCUT2D eigenvalue weighted by atomic mass is 32.2. The Morgan fingerprint density at radius 1 is 1.26 bits per heavy atom. The molecule has 0 aliphatic heterocycles. The molecule has 98 valence electrons. The molecule has 0 bridgehead atoms. The van der Waals surface area contributed by atoms with E-state index in [1.807, 2.05) is 0 Å². The van der Waals surface area contributed by atoms with E-state index in [0.717, 1.165) is 0 Å². The minimum atomic E-state index is -3.24. The zero-order chi connectivity index (χ0) is 13.5. The Balaban J connectivity index is 2.15. The standard InChI is InChI=1S/C13H11NO4S/c1-2-19(15,16)9-5-6-11-10(8-9)14-13(18-11)12-4-3-7-17-12/h3-8H,2H2,1H3. The summed E-state index contributed by atoms with van der Waals surface area (Å²) < 4.78 is 34.3. The summed E-state index contributed by atoms with van der Waals surface area (Å²) in [5.74, 6) is 0.906. The highest BCUT2D eigenvalue weighted by Crippen LogP contribution is 2.26. The van der Waals surface area contributed by atoms with Gasteiger partial charge in [0.25, 0.3) is 5.89 Å². The van der Waals surface area contributed by atoms with Gasteiger partial charge in [-0.1, -0.05) is 6.92 Å². The molecule has 0 amide bonds. The van der Waals surface area contributed by atoms with E-state index in [2.05, 4.69) is 4.98 Å². The summed E-state index contributed by atoms with van der Waals surface area (Å²) >= 11 is 0. The summed E-state index contributed by atoms with van der Waals surface area (Å²) in [5, 5.41) is 0. The summed E-state index contributed by atoms with van der Waals surface area (Å²) in [5.41, 5.74) is 1.03. The first kappa shape index (κ1) is 12.0. The van der Waals surface area contributed by atoms with Crippen molar-refractivity contribution in [2.24, 2.45) is 0 Å². The quantitative estimate of drug-likeness (QED) is 0.736. The van der Waals surface area contributed by atoms with Gasteiger partial charge in [0, 0.05) is 0 Å². The Hall–Kier alpha value is -2.08. The molecule has 0 spiro atoms. The highest BCUT2D eigenvalue weighted by Gasteiger charge is 2.15. The van der Waals surface area contributed by atoms with Gasteiger partial charge in [-0.15, -0.1) is 0 Å². The number of sulfone groups is 1. The van der Waals surface area contributed by atoms with Gasteiger partial charge in [0.15, 0.2) is 21.2 Å². The van der Waals surface area contributed by atoms with Gasteiger partial charge in [0.2, 0.25) is 0 Å². The summed E-state index contributed by atoms with van der Waals surface area (Å²) in [6.07, 6.45) is 1.52. The molecule has 0 saturated heterocycles. The number of rotatable bonds is 3. The number of aromatic nitrogens is 1. The van der Waals surface area contributed by atoms with Crippen LogP contribution in [0.1, 0.15) is 6.92 Å². The van der Waals surface area contributed by atoms with Gasteiger partial charge >= 0.3 is 0 Å². The molecule has 0 aliphatic carbocycles. The van der Waals surface area contributed by atoms with Gasteiger partial charge < -0.3 is 8.83 Å². The maximum atomic E-state index is 11.8. The third kappa shape index (κ3) is 2.04. The van der Waals surface area contributed by atoms with Crippen molar-refractivity contribution in [2.75, 3.05) is 5.75 Å². The van der Waals surface area contributed by atoms with Crippen LogP contribution >= 0.6 is 0 Å². The predicted octanol–water partition coefficient (Wildman–Crippen LogP) is 2.88. The number of benzene rings is 1. The van der Waals surface area contributed by atoms with Gasteiger partial charge in [-0.05, 0) is 30.3 Å². The van der Waals surface area contributed by atoms with Gasteiger partial charge in [-0.25, -0.2) is 13.4 Å². The van der Waals surface area contributed by atoms with E-state index < -0.39 is 9.84 Å². The molecule has 0 saturated carbocycles. The molecule has 5 nitrogen and oxygen atoms in total. The SMILES string of the molecule is CCS(=O)(=O)c1ccc2oc(-c3ccco3)nc2c1. The lowest BCUT2D eigenvalue weighted by atomic mass is 10.3. The van der Waals surface area contributed by atoms with Crippen LogP contribution in [0, 0.1) is 0 Å². The molecular weight excluding hydrogens is 266 g/mol. The van der Waals surface area contributed by atoms with Crippen LogP contribution in [0.2, 0.25) is 0 Å². The summed E-state index contributed by atoms with van der Waals surface area (Å²) in [7, 11) is -3.24. The maximum absolute atomic E-state index is 11.8. The van der Waals surface area contributed by atoms with Crippen LogP contribution in [0.4, 0.5) is 0 Å². The molecule has 0 unspecified atom stereocenters. The molecule has 3 rings (SSSR count). The van der Waals surface area contributed by atoms with Gasteiger partial charge in [-0.3, -0.25) is 0 Å². The third-order valence-corrected chi connectivity index (χ3v) is 4.56. The lowest BCUT2D eigenvalue weighted by Crippen LogP contribution is -2.03. The molecule has 2 heterocycles. The van der Waals surface area contributed by atoms with E-state index in [0.29, 0.717) is 22.8 Å². The summed E-state index contributed by atoms with van der Waals surface area (Å²) in [6, 6.07) is 8.12. The minimum Gasteiger partial charge on any atom is -0.459 e. The second-order valence-electron chi connectivity index (χ2n) is 4.03. The fraction of sp³-hybridized carbons (Fsp3) is 0.154. The Bertz CT molecular complexity index is 816. The van der Waals surface area contributed by atoms with Crippen molar-refractivity contribution in [1.29, 1.82) is 0 Å². The van der Waals surface area contributed by atoms with Gasteiger partial charge in [0.1, 0.15) is 5.52 Å². The molecular formula is C13H11NO4S. The number of fused-ring (bicyclic) bond motifs is 1. The highest BCUT2D eigenvalue weighted by molar-refractivity contribution is 7.91. The largest absolute Gasteiger partial charge is 0.459 e. The van der Waals surface area contributed by atoms with Crippen molar-refractivity contribution in [3.8, 4) is 11.7 Å². The zero-order valence-corrected chi connectivity index (χ0v) is 11.0. The van der Waals surface area contributed by atoms with Crippen LogP contribution in [-0.2, 0) is 9.84 Å². The zero-order valence-electron chi connectivity index (χ0n) is 10.2. The van der Waals surface area contributed by atoms with Crippen LogP contribution in [-0.4, -0.2) is 19.2 Å². The monoisotopic (exact) mass is 277 g/mol. The van der Waals surface area contributed by atoms with Crippen molar-refractivity contribution >= 4 is 20.9 Å².